The van der Waals surface area contributed by atoms with Crippen LogP contribution in [-0.4, -0.2) is 137 Å². The number of benzene rings is 3. The number of hydrogen-bond donors (Lipinski definition) is 2. The van der Waals surface area contributed by atoms with Crippen LogP contribution in [-0.2, 0) is 22.4 Å². The van der Waals surface area contributed by atoms with Gasteiger partial charge in [0.1, 0.15) is 11.9 Å². The summed E-state index contributed by atoms with van der Waals surface area (Å²) in [5, 5.41) is 11.4. The minimum atomic E-state index is -0.595. The largest absolute Gasteiger partial charge is 0.376 e. The molecule has 3 saturated heterocycles. The number of hydrogen-bond acceptors (Lipinski definition) is 8. The van der Waals surface area contributed by atoms with E-state index in [2.05, 4.69) is 62.6 Å². The summed E-state index contributed by atoms with van der Waals surface area (Å²) in [5.74, 6) is -0.252. The highest BCUT2D eigenvalue weighted by Crippen LogP contribution is 2.26. The van der Waals surface area contributed by atoms with Crippen LogP contribution in [0, 0.1) is 11.7 Å². The Labute approximate surface area is 364 Å². The third kappa shape index (κ3) is 10.3. The van der Waals surface area contributed by atoms with Crippen LogP contribution < -0.4 is 10.9 Å². The van der Waals surface area contributed by atoms with Gasteiger partial charge in [0, 0.05) is 90.0 Å². The van der Waals surface area contributed by atoms with Crippen molar-refractivity contribution < 1.29 is 18.8 Å². The van der Waals surface area contributed by atoms with E-state index in [1.54, 1.807) is 29.2 Å². The van der Waals surface area contributed by atoms with Gasteiger partial charge in [-0.3, -0.25) is 24.1 Å². The molecule has 2 N–H and O–H groups in total. The van der Waals surface area contributed by atoms with Gasteiger partial charge in [-0.25, -0.2) is 9.49 Å². The van der Waals surface area contributed by atoms with Gasteiger partial charge >= 0.3 is 0 Å². The van der Waals surface area contributed by atoms with E-state index in [-0.39, 0.29) is 29.0 Å². The topological polar surface area (TPSA) is 125 Å². The molecule has 3 aromatic carbocycles. The number of likely N-dealkylation sites (tertiary alicyclic amines) is 1. The number of aryl methyl sites for hydroxylation is 1. The maximum absolute atomic E-state index is 15.0. The number of halogens is 1. The number of carbonyl (C=O) groups is 3. The molecule has 328 valence electrons. The van der Waals surface area contributed by atoms with E-state index < -0.39 is 11.7 Å². The molecule has 3 amide bonds. The van der Waals surface area contributed by atoms with Crippen molar-refractivity contribution in [2.45, 2.75) is 59.4 Å². The standard InChI is InChI=1S/C47H55FN8O4.C2H6/c1-3-33-7-6-8-36(26-33)37-25-32(2)44(49-29-37)47(60)55-15-13-34(14-16-55)30-52-17-19-53(20-18-52)31-43(57)54-21-23-56(24-22-54)46(59)40-27-35(11-12-41(40)48)28-42-38-9-4-5-10-39(38)45(58)51-50-42;1-2/h4-12,25-27,29,34,44,49H,3,13-24,28,30-31H2,1-2H3,(H,51,58);1-2H3. The average Bonchev–Trinajstić information content (AvgIpc) is 3.31. The zero-order chi connectivity index (χ0) is 43.8. The number of aromatic amines is 1. The SMILES string of the molecule is CC.CCc1cccc(C2=CNC(C(=O)N3CCC(CN4CCN(CC(=O)N5CCN(C(=O)c6cc(Cc7n[nH]c(=O)c8ccccc78)ccc6F)CC5)CC4)CC3)C(C)=C2)c1. The molecular formula is C49H61FN8O4. The first-order valence-electron chi connectivity index (χ1n) is 22.4. The molecule has 0 aliphatic carbocycles. The molecule has 1 atom stereocenters. The number of amides is 3. The second kappa shape index (κ2) is 20.5. The molecule has 4 aliphatic heterocycles. The predicted octanol–water partition coefficient (Wildman–Crippen LogP) is 5.34. The number of rotatable bonds is 10. The van der Waals surface area contributed by atoms with Crippen molar-refractivity contribution in [2.24, 2.45) is 5.92 Å². The summed E-state index contributed by atoms with van der Waals surface area (Å²) in [4.78, 5) is 62.8. The minimum absolute atomic E-state index is 0.0111. The molecule has 1 unspecified atom stereocenters. The number of carbonyl (C=O) groups excluding carboxylic acids is 3. The third-order valence-electron chi connectivity index (χ3n) is 12.8. The number of dihydropyridines is 1. The second-order valence-electron chi connectivity index (χ2n) is 16.7. The van der Waals surface area contributed by atoms with Crippen molar-refractivity contribution in [3.63, 3.8) is 0 Å². The number of nitrogens with one attached hydrogen (secondary N) is 2. The van der Waals surface area contributed by atoms with Crippen molar-refractivity contribution in [3.05, 3.63) is 129 Å². The molecule has 13 heteroatoms. The number of allylic oxidation sites excluding steroid dienone is 2. The molecule has 0 saturated carbocycles. The average molecular weight is 845 g/mol. The van der Waals surface area contributed by atoms with Crippen LogP contribution in [0.15, 0.2) is 89.4 Å². The van der Waals surface area contributed by atoms with Crippen LogP contribution in [0.1, 0.15) is 73.3 Å². The molecule has 0 radical (unpaired) electrons. The van der Waals surface area contributed by atoms with Crippen molar-refractivity contribution in [2.75, 3.05) is 78.5 Å². The Hall–Kier alpha value is -5.66. The van der Waals surface area contributed by atoms with Crippen LogP contribution in [0.4, 0.5) is 4.39 Å². The van der Waals surface area contributed by atoms with E-state index in [0.717, 1.165) is 81.8 Å². The van der Waals surface area contributed by atoms with Crippen molar-refractivity contribution in [1.29, 1.82) is 0 Å². The lowest BCUT2D eigenvalue weighted by Gasteiger charge is -2.40. The first kappa shape index (κ1) is 44.4. The van der Waals surface area contributed by atoms with Gasteiger partial charge in [0.05, 0.1) is 23.2 Å². The summed E-state index contributed by atoms with van der Waals surface area (Å²) in [7, 11) is 0. The number of H-pyrrole nitrogens is 1. The number of piperazine rings is 2. The Morgan fingerprint density at radius 3 is 2.18 bits per heavy atom. The van der Waals surface area contributed by atoms with Crippen molar-refractivity contribution in [1.82, 2.24) is 40.0 Å². The Morgan fingerprint density at radius 2 is 1.47 bits per heavy atom. The predicted molar refractivity (Wildman–Crippen MR) is 242 cm³/mol. The van der Waals surface area contributed by atoms with Crippen LogP contribution in [0.2, 0.25) is 0 Å². The molecular weight excluding hydrogens is 784 g/mol. The smallest absolute Gasteiger partial charge is 0.272 e. The highest BCUT2D eigenvalue weighted by molar-refractivity contribution is 5.95. The molecule has 4 aromatic rings. The molecule has 1 aromatic heterocycles. The fraction of sp³-hybridized carbons (Fsp3) is 0.449. The van der Waals surface area contributed by atoms with Gasteiger partial charge < -0.3 is 24.9 Å². The maximum atomic E-state index is 15.0. The summed E-state index contributed by atoms with van der Waals surface area (Å²) in [6.45, 7) is 16.0. The van der Waals surface area contributed by atoms with Gasteiger partial charge in [-0.15, -0.1) is 0 Å². The lowest BCUT2D eigenvalue weighted by Crippen LogP contribution is -2.55. The van der Waals surface area contributed by atoms with Gasteiger partial charge in [0.15, 0.2) is 0 Å². The quantitative estimate of drug-likeness (QED) is 0.220. The molecule has 4 aliphatic rings. The second-order valence-corrected chi connectivity index (χ2v) is 16.7. The lowest BCUT2D eigenvalue weighted by molar-refractivity contribution is -0.135. The zero-order valence-corrected chi connectivity index (χ0v) is 36.7. The summed E-state index contributed by atoms with van der Waals surface area (Å²) in [6.07, 6.45) is 7.41. The fourth-order valence-electron chi connectivity index (χ4n) is 9.06. The molecule has 5 heterocycles. The van der Waals surface area contributed by atoms with Crippen LogP contribution in [0.3, 0.4) is 0 Å². The fourth-order valence-corrected chi connectivity index (χ4v) is 9.06. The highest BCUT2D eigenvalue weighted by Gasteiger charge is 2.32. The lowest BCUT2D eigenvalue weighted by atomic mass is 9.93. The molecule has 62 heavy (non-hydrogen) atoms. The maximum Gasteiger partial charge on any atom is 0.272 e. The Kier molecular flexibility index (Phi) is 14.7. The Balaban J connectivity index is 0.00000285. The third-order valence-corrected chi connectivity index (χ3v) is 12.8. The van der Waals surface area contributed by atoms with E-state index in [1.807, 2.05) is 48.9 Å². The van der Waals surface area contributed by atoms with Gasteiger partial charge in [-0.2, -0.15) is 5.10 Å². The zero-order valence-electron chi connectivity index (χ0n) is 36.7. The summed E-state index contributed by atoms with van der Waals surface area (Å²) >= 11 is 0. The molecule has 3 fully saturated rings. The first-order valence-corrected chi connectivity index (χ1v) is 22.4. The molecule has 0 spiro atoms. The van der Waals surface area contributed by atoms with Crippen molar-refractivity contribution in [3.8, 4) is 0 Å². The van der Waals surface area contributed by atoms with Gasteiger partial charge in [-0.05, 0) is 78.1 Å². The van der Waals surface area contributed by atoms with E-state index in [9.17, 15) is 19.2 Å². The summed E-state index contributed by atoms with van der Waals surface area (Å²) in [5.41, 5.74) is 5.66. The summed E-state index contributed by atoms with van der Waals surface area (Å²) < 4.78 is 15.0. The first-order chi connectivity index (χ1) is 30.1. The Morgan fingerprint density at radius 1 is 0.774 bits per heavy atom. The monoisotopic (exact) mass is 844 g/mol. The number of aromatic nitrogens is 2. The van der Waals surface area contributed by atoms with Crippen LogP contribution in [0.25, 0.3) is 16.3 Å². The molecule has 8 rings (SSSR count). The van der Waals surface area contributed by atoms with Gasteiger partial charge in [0.25, 0.3) is 11.5 Å². The van der Waals surface area contributed by atoms with E-state index in [4.69, 9.17) is 0 Å². The normalized spacial score (nSPS) is 19.0. The molecule has 0 bridgehead atoms. The highest BCUT2D eigenvalue weighted by atomic mass is 19.1. The van der Waals surface area contributed by atoms with E-state index in [1.165, 1.54) is 11.6 Å². The van der Waals surface area contributed by atoms with Crippen molar-refractivity contribution >= 4 is 34.1 Å². The summed E-state index contributed by atoms with van der Waals surface area (Å²) in [6, 6.07) is 19.9. The number of nitrogens with zero attached hydrogens (tertiary/aromatic N) is 6. The van der Waals surface area contributed by atoms with Crippen LogP contribution in [0.5, 0.6) is 0 Å². The molecule has 12 nitrogen and oxygen atoms in total. The van der Waals surface area contributed by atoms with Gasteiger partial charge in [-0.1, -0.05) is 75.4 Å². The van der Waals surface area contributed by atoms with Crippen LogP contribution >= 0.6 is 0 Å². The number of fused-ring (bicyclic) bond motifs is 1. The Bertz CT molecular complexity index is 2350. The van der Waals surface area contributed by atoms with Gasteiger partial charge in [0.2, 0.25) is 11.8 Å². The van der Waals surface area contributed by atoms with E-state index in [0.29, 0.717) is 67.1 Å². The minimum Gasteiger partial charge on any atom is -0.376 e. The number of piperidine rings is 1. The van der Waals surface area contributed by atoms with E-state index >= 15 is 4.39 Å².